The molecule has 2 heterocycles. The van der Waals surface area contributed by atoms with E-state index >= 15 is 0 Å². The van der Waals surface area contributed by atoms with Crippen LogP contribution in [0.15, 0.2) is 65.7 Å². The number of hydrogen-bond acceptors (Lipinski definition) is 4. The van der Waals surface area contributed by atoms with Crippen molar-refractivity contribution in [2.24, 2.45) is 11.1 Å². The van der Waals surface area contributed by atoms with Gasteiger partial charge in [-0.25, -0.2) is 13.6 Å². The smallest absolute Gasteiger partial charge is 0.238 e. The second-order valence-corrected chi connectivity index (χ2v) is 9.96. The van der Waals surface area contributed by atoms with Crippen LogP contribution in [-0.4, -0.2) is 25.4 Å². The van der Waals surface area contributed by atoms with Crippen LogP contribution in [0.3, 0.4) is 0 Å². The van der Waals surface area contributed by atoms with E-state index in [1.54, 1.807) is 17.2 Å². The number of nitrogens with two attached hydrogens (primary N) is 1. The van der Waals surface area contributed by atoms with Gasteiger partial charge in [0.2, 0.25) is 15.9 Å². The molecule has 0 saturated carbocycles. The first-order valence-corrected chi connectivity index (χ1v) is 11.9. The second-order valence-electron chi connectivity index (χ2n) is 8.40. The molecule has 3 aromatic rings. The van der Waals surface area contributed by atoms with Gasteiger partial charge in [0.25, 0.3) is 0 Å². The number of sulfonamides is 1. The van der Waals surface area contributed by atoms with Gasteiger partial charge in [0.15, 0.2) is 0 Å². The molecular formula is C24H23N3O3S. The van der Waals surface area contributed by atoms with Crippen molar-refractivity contribution in [2.75, 3.05) is 4.90 Å². The largest absolute Gasteiger partial charge is 0.309 e. The summed E-state index contributed by atoms with van der Waals surface area (Å²) < 4.78 is 23.6. The Balaban J connectivity index is 1.43. The van der Waals surface area contributed by atoms with E-state index in [-0.39, 0.29) is 22.8 Å². The summed E-state index contributed by atoms with van der Waals surface area (Å²) in [5, 5.41) is 5.31. The van der Waals surface area contributed by atoms with Gasteiger partial charge in [0.1, 0.15) is 0 Å². The molecule has 0 unspecified atom stereocenters. The van der Waals surface area contributed by atoms with Crippen molar-refractivity contribution in [1.29, 1.82) is 0 Å². The number of nitrogens with zero attached hydrogens (tertiary/aromatic N) is 2. The molecule has 0 fully saturated rings. The van der Waals surface area contributed by atoms with Crippen LogP contribution in [0.25, 0.3) is 11.3 Å². The molecule has 1 aromatic heterocycles. The zero-order valence-corrected chi connectivity index (χ0v) is 18.0. The van der Waals surface area contributed by atoms with Gasteiger partial charge in [-0.2, -0.15) is 0 Å². The second kappa shape index (κ2) is 7.28. The molecule has 0 bridgehead atoms. The highest BCUT2D eigenvalue weighted by molar-refractivity contribution is 7.89. The van der Waals surface area contributed by atoms with E-state index in [4.69, 9.17) is 5.14 Å². The van der Waals surface area contributed by atoms with Crippen LogP contribution in [0, 0.1) is 5.92 Å². The van der Waals surface area contributed by atoms with Crippen molar-refractivity contribution >= 4 is 21.6 Å². The van der Waals surface area contributed by atoms with E-state index < -0.39 is 10.0 Å². The minimum atomic E-state index is -3.83. The Labute approximate surface area is 181 Å². The summed E-state index contributed by atoms with van der Waals surface area (Å²) in [5.41, 5.74) is 5.95. The molecule has 158 valence electrons. The first-order valence-electron chi connectivity index (χ1n) is 10.3. The maximum atomic E-state index is 13.5. The molecule has 1 aliphatic carbocycles. The summed E-state index contributed by atoms with van der Waals surface area (Å²) in [5.74, 6) is -0.131. The van der Waals surface area contributed by atoms with Gasteiger partial charge in [-0.15, -0.1) is 0 Å². The Hall–Kier alpha value is -3.03. The zero-order chi connectivity index (χ0) is 21.8. The average molecular weight is 434 g/mol. The minimum absolute atomic E-state index is 0.0222. The van der Waals surface area contributed by atoms with Gasteiger partial charge < -0.3 is 4.90 Å². The van der Waals surface area contributed by atoms with Crippen LogP contribution in [-0.2, 0) is 34.1 Å². The fraction of sp³-hybridized carbons (Fsp3) is 0.250. The monoisotopic (exact) mass is 433 g/mol. The topological polar surface area (TPSA) is 93.4 Å². The van der Waals surface area contributed by atoms with Crippen molar-refractivity contribution in [2.45, 2.75) is 37.1 Å². The number of anilines is 1. The lowest BCUT2D eigenvalue weighted by Gasteiger charge is -2.26. The van der Waals surface area contributed by atoms with E-state index in [0.717, 1.165) is 16.8 Å². The number of aromatic nitrogens is 1. The first-order chi connectivity index (χ1) is 14.8. The lowest BCUT2D eigenvalue weighted by atomic mass is 10.0. The minimum Gasteiger partial charge on any atom is -0.309 e. The van der Waals surface area contributed by atoms with Crippen LogP contribution in [0.1, 0.15) is 23.6 Å². The molecule has 31 heavy (non-hydrogen) atoms. The van der Waals surface area contributed by atoms with E-state index in [9.17, 15) is 13.2 Å². The van der Waals surface area contributed by atoms with E-state index in [1.165, 1.54) is 23.3 Å². The van der Waals surface area contributed by atoms with E-state index in [1.807, 2.05) is 25.1 Å². The van der Waals surface area contributed by atoms with Crippen LogP contribution >= 0.6 is 0 Å². The predicted molar refractivity (Wildman–Crippen MR) is 119 cm³/mol. The Morgan fingerprint density at radius 2 is 1.77 bits per heavy atom. The number of rotatable bonds is 3. The Kier molecular flexibility index (Phi) is 4.68. The highest BCUT2D eigenvalue weighted by Gasteiger charge is 2.37. The molecule has 7 heteroatoms. The molecule has 5 rings (SSSR count). The fourth-order valence-electron chi connectivity index (χ4n) is 4.78. The average Bonchev–Trinajstić information content (AvgIpc) is 3.32. The van der Waals surface area contributed by atoms with Crippen molar-refractivity contribution < 1.29 is 13.2 Å². The molecule has 0 saturated heterocycles. The summed E-state index contributed by atoms with van der Waals surface area (Å²) in [7, 11) is -3.83. The van der Waals surface area contributed by atoms with Crippen molar-refractivity contribution in [3.63, 3.8) is 0 Å². The number of hydrogen-bond donors (Lipinski definition) is 1. The highest BCUT2D eigenvalue weighted by atomic mass is 32.2. The number of fused-ring (bicyclic) bond motifs is 2. The Morgan fingerprint density at radius 1 is 1.00 bits per heavy atom. The Bertz CT molecular complexity index is 1290. The van der Waals surface area contributed by atoms with Gasteiger partial charge in [0.05, 0.1) is 10.6 Å². The van der Waals surface area contributed by atoms with Gasteiger partial charge in [-0.1, -0.05) is 24.3 Å². The molecule has 2 aliphatic rings. The molecule has 1 amide bonds. The number of amides is 1. The third-order valence-electron chi connectivity index (χ3n) is 6.29. The number of pyridine rings is 1. The number of primary sulfonamides is 1. The normalized spacial score (nSPS) is 19.9. The summed E-state index contributed by atoms with van der Waals surface area (Å²) >= 11 is 0. The van der Waals surface area contributed by atoms with Gasteiger partial charge in [-0.05, 0) is 73.2 Å². The highest BCUT2D eigenvalue weighted by Crippen LogP contribution is 2.38. The SMILES string of the molecule is C[C@H]1Cc2ccc(S(N)(=O)=O)cc2N1C(=O)[C@@H]1Cc2ccc(-c3ccccn3)cc2C1. The number of carbonyl (C=O) groups is 1. The first kappa shape index (κ1) is 19.9. The van der Waals surface area contributed by atoms with E-state index in [0.29, 0.717) is 24.9 Å². The van der Waals surface area contributed by atoms with Crippen molar-refractivity contribution in [1.82, 2.24) is 4.98 Å². The van der Waals surface area contributed by atoms with Gasteiger partial charge in [-0.3, -0.25) is 9.78 Å². The molecule has 2 N–H and O–H groups in total. The van der Waals surface area contributed by atoms with Crippen LogP contribution in [0.5, 0.6) is 0 Å². The Morgan fingerprint density at radius 3 is 2.52 bits per heavy atom. The summed E-state index contributed by atoms with van der Waals surface area (Å²) in [4.78, 5) is 19.8. The summed E-state index contributed by atoms with van der Waals surface area (Å²) in [6, 6.07) is 16.9. The molecule has 2 atom stereocenters. The summed E-state index contributed by atoms with van der Waals surface area (Å²) in [6.45, 7) is 2.00. The molecule has 2 aromatic carbocycles. The summed E-state index contributed by atoms with van der Waals surface area (Å²) in [6.07, 6.45) is 3.83. The van der Waals surface area contributed by atoms with Crippen molar-refractivity contribution in [3.8, 4) is 11.3 Å². The molecule has 1 aliphatic heterocycles. The lowest BCUT2D eigenvalue weighted by molar-refractivity contribution is -0.122. The van der Waals surface area contributed by atoms with Crippen LogP contribution in [0.2, 0.25) is 0 Å². The predicted octanol–water partition coefficient (Wildman–Crippen LogP) is 3.09. The number of carbonyl (C=O) groups excluding carboxylic acids is 1. The molecule has 6 nitrogen and oxygen atoms in total. The third-order valence-corrected chi connectivity index (χ3v) is 7.20. The lowest BCUT2D eigenvalue weighted by Crippen LogP contribution is -2.40. The molecular weight excluding hydrogens is 410 g/mol. The quantitative estimate of drug-likeness (QED) is 0.687. The maximum absolute atomic E-state index is 13.5. The fourth-order valence-corrected chi connectivity index (χ4v) is 5.32. The maximum Gasteiger partial charge on any atom is 0.238 e. The zero-order valence-electron chi connectivity index (χ0n) is 17.2. The van der Waals surface area contributed by atoms with Crippen LogP contribution < -0.4 is 10.0 Å². The van der Waals surface area contributed by atoms with Crippen molar-refractivity contribution in [3.05, 3.63) is 77.5 Å². The standard InChI is InChI=1S/C24H23N3O3S/c1-15-10-18-7-8-21(31(25,29)30)14-23(18)27(15)24(28)20-11-16-5-6-17(12-19(16)13-20)22-4-2-3-9-26-22/h2-9,12,14-15,20H,10-11,13H2,1H3,(H2,25,29,30)/t15-,20+/m0/s1. The van der Waals surface area contributed by atoms with E-state index in [2.05, 4.69) is 23.2 Å². The van der Waals surface area contributed by atoms with Gasteiger partial charge >= 0.3 is 0 Å². The van der Waals surface area contributed by atoms with Crippen LogP contribution in [0.4, 0.5) is 5.69 Å². The molecule has 0 spiro atoms. The number of benzene rings is 2. The third kappa shape index (κ3) is 3.54. The molecule has 0 radical (unpaired) electrons. The van der Waals surface area contributed by atoms with Gasteiger partial charge in [0, 0.05) is 29.4 Å².